The smallest absolute Gasteiger partial charge is 0.413 e. The van der Waals surface area contributed by atoms with Crippen molar-refractivity contribution in [2.75, 3.05) is 57.1 Å². The molecule has 4 rings (SSSR count). The molecule has 3 amide bonds. The normalized spacial score (nSPS) is 19.8. The van der Waals surface area contributed by atoms with Gasteiger partial charge in [0.1, 0.15) is 0 Å². The molecular formula is C24H35N9O4. The molecule has 13 heteroatoms. The van der Waals surface area contributed by atoms with Gasteiger partial charge in [-0.1, -0.05) is 0 Å². The maximum atomic E-state index is 12.8. The SMILES string of the molecule is CCOc1cnc(NC(=O)N(C)[C@@H]2CCCN(c3nccc(OC(=O)NC[C@@H]4CCCN4C)n3)C2)cn1. The number of nitrogens with one attached hydrogen (secondary N) is 2. The van der Waals surface area contributed by atoms with Crippen LogP contribution in [0.3, 0.4) is 0 Å². The van der Waals surface area contributed by atoms with Crippen molar-refractivity contribution in [2.45, 2.75) is 44.7 Å². The summed E-state index contributed by atoms with van der Waals surface area (Å²) in [6, 6.07) is 1.54. The highest BCUT2D eigenvalue weighted by Crippen LogP contribution is 2.21. The molecule has 2 saturated heterocycles. The predicted molar refractivity (Wildman–Crippen MR) is 137 cm³/mol. The number of hydrogen-bond donors (Lipinski definition) is 2. The van der Waals surface area contributed by atoms with E-state index in [2.05, 4.69) is 42.5 Å². The van der Waals surface area contributed by atoms with Crippen LogP contribution >= 0.6 is 0 Å². The molecule has 0 aliphatic carbocycles. The number of amides is 3. The van der Waals surface area contributed by atoms with Crippen molar-refractivity contribution < 1.29 is 19.1 Å². The highest BCUT2D eigenvalue weighted by molar-refractivity contribution is 5.88. The third-order valence-corrected chi connectivity index (χ3v) is 6.67. The van der Waals surface area contributed by atoms with Crippen molar-refractivity contribution in [3.63, 3.8) is 0 Å². The van der Waals surface area contributed by atoms with Crippen molar-refractivity contribution >= 4 is 23.9 Å². The van der Waals surface area contributed by atoms with Crippen molar-refractivity contribution in [1.29, 1.82) is 0 Å². The quantitative estimate of drug-likeness (QED) is 0.539. The first-order valence-electron chi connectivity index (χ1n) is 12.7. The van der Waals surface area contributed by atoms with Gasteiger partial charge in [0.05, 0.1) is 25.0 Å². The molecule has 0 radical (unpaired) electrons. The molecule has 2 atom stereocenters. The molecule has 2 aromatic heterocycles. The summed E-state index contributed by atoms with van der Waals surface area (Å²) in [5, 5.41) is 5.59. The zero-order valence-corrected chi connectivity index (χ0v) is 21.6. The minimum atomic E-state index is -0.532. The van der Waals surface area contributed by atoms with Gasteiger partial charge in [0, 0.05) is 45.0 Å². The van der Waals surface area contributed by atoms with Crippen LogP contribution in [0.4, 0.5) is 21.4 Å². The first-order chi connectivity index (χ1) is 17.9. The standard InChI is InChI=1S/C24H35N9O4/c1-4-36-21-15-26-19(14-27-21)29-23(34)32(3)18-8-6-12-33(16-18)22-25-10-9-20(30-22)37-24(35)28-13-17-7-5-11-31(17)2/h9-10,14-15,17-18H,4-8,11-13,16H2,1-3H3,(H,28,35)(H,26,29,34)/t17-,18+/m0/s1. The van der Waals surface area contributed by atoms with E-state index >= 15 is 0 Å². The van der Waals surface area contributed by atoms with Crippen LogP contribution in [0.1, 0.15) is 32.6 Å². The maximum absolute atomic E-state index is 12.8. The molecule has 0 spiro atoms. The Morgan fingerprint density at radius 1 is 1.14 bits per heavy atom. The molecule has 200 valence electrons. The average Bonchev–Trinajstić information content (AvgIpc) is 3.33. The highest BCUT2D eigenvalue weighted by atomic mass is 16.6. The molecule has 2 aliphatic rings. The Balaban J connectivity index is 1.30. The highest BCUT2D eigenvalue weighted by Gasteiger charge is 2.28. The lowest BCUT2D eigenvalue weighted by Crippen LogP contribution is -2.50. The van der Waals surface area contributed by atoms with E-state index in [1.807, 2.05) is 11.8 Å². The van der Waals surface area contributed by atoms with E-state index in [1.54, 1.807) is 24.2 Å². The first kappa shape index (κ1) is 26.3. The van der Waals surface area contributed by atoms with Crippen molar-refractivity contribution in [1.82, 2.24) is 35.1 Å². The lowest BCUT2D eigenvalue weighted by atomic mass is 10.1. The van der Waals surface area contributed by atoms with Gasteiger partial charge in [0.15, 0.2) is 5.82 Å². The van der Waals surface area contributed by atoms with Gasteiger partial charge < -0.3 is 29.5 Å². The number of carbonyl (C=O) groups is 2. The Hall–Kier alpha value is -3.74. The number of urea groups is 1. The number of likely N-dealkylation sites (N-methyl/N-ethyl adjacent to an activating group) is 2. The van der Waals surface area contributed by atoms with Crippen LogP contribution in [0, 0.1) is 0 Å². The van der Waals surface area contributed by atoms with Gasteiger partial charge in [-0.25, -0.2) is 24.5 Å². The van der Waals surface area contributed by atoms with E-state index in [-0.39, 0.29) is 18.0 Å². The zero-order valence-electron chi connectivity index (χ0n) is 21.6. The number of aromatic nitrogens is 4. The average molecular weight is 514 g/mol. The van der Waals surface area contributed by atoms with Gasteiger partial charge in [0.25, 0.3) is 0 Å². The van der Waals surface area contributed by atoms with Crippen LogP contribution in [0.2, 0.25) is 0 Å². The Labute approximate surface area is 216 Å². The summed E-state index contributed by atoms with van der Waals surface area (Å²) in [5.41, 5.74) is 0. The van der Waals surface area contributed by atoms with E-state index in [9.17, 15) is 9.59 Å². The number of carbonyl (C=O) groups excluding carboxylic acids is 2. The van der Waals surface area contributed by atoms with Crippen molar-refractivity contribution in [2.24, 2.45) is 0 Å². The van der Waals surface area contributed by atoms with E-state index in [0.717, 1.165) is 38.8 Å². The third kappa shape index (κ3) is 7.15. The fraction of sp³-hybridized carbons (Fsp3) is 0.583. The molecule has 2 N–H and O–H groups in total. The van der Waals surface area contributed by atoms with E-state index in [1.165, 1.54) is 12.4 Å². The van der Waals surface area contributed by atoms with Gasteiger partial charge in [-0.15, -0.1) is 0 Å². The summed E-state index contributed by atoms with van der Waals surface area (Å²) < 4.78 is 10.7. The Morgan fingerprint density at radius 3 is 2.70 bits per heavy atom. The van der Waals surface area contributed by atoms with Crippen LogP contribution in [-0.4, -0.2) is 101 Å². The van der Waals surface area contributed by atoms with Gasteiger partial charge in [0.2, 0.25) is 17.7 Å². The minimum absolute atomic E-state index is 0.0655. The van der Waals surface area contributed by atoms with E-state index in [4.69, 9.17) is 9.47 Å². The van der Waals surface area contributed by atoms with Crippen LogP contribution < -0.4 is 25.0 Å². The van der Waals surface area contributed by atoms with Crippen molar-refractivity contribution in [3.05, 3.63) is 24.7 Å². The summed E-state index contributed by atoms with van der Waals surface area (Å²) in [6.45, 7) is 5.22. The van der Waals surface area contributed by atoms with Gasteiger partial charge >= 0.3 is 12.1 Å². The van der Waals surface area contributed by atoms with Crippen LogP contribution in [0.5, 0.6) is 11.8 Å². The number of nitrogens with zero attached hydrogens (tertiary/aromatic N) is 7. The number of hydrogen-bond acceptors (Lipinski definition) is 10. The van der Waals surface area contributed by atoms with Gasteiger partial charge in [-0.3, -0.25) is 5.32 Å². The zero-order chi connectivity index (χ0) is 26.2. The van der Waals surface area contributed by atoms with Gasteiger partial charge in [-0.05, 0) is 46.2 Å². The second-order valence-electron chi connectivity index (χ2n) is 9.20. The molecule has 2 aromatic rings. The Kier molecular flexibility index (Phi) is 8.88. The lowest BCUT2D eigenvalue weighted by Gasteiger charge is -2.37. The molecule has 13 nitrogen and oxygen atoms in total. The van der Waals surface area contributed by atoms with Crippen LogP contribution in [0.25, 0.3) is 0 Å². The molecule has 2 aliphatic heterocycles. The number of likely N-dealkylation sites (tertiary alicyclic amines) is 1. The molecule has 2 fully saturated rings. The molecule has 0 unspecified atom stereocenters. The van der Waals surface area contributed by atoms with E-state index in [0.29, 0.717) is 43.4 Å². The minimum Gasteiger partial charge on any atom is -0.477 e. The fourth-order valence-electron chi connectivity index (χ4n) is 4.53. The maximum Gasteiger partial charge on any atom is 0.413 e. The predicted octanol–water partition coefficient (Wildman–Crippen LogP) is 1.98. The van der Waals surface area contributed by atoms with Crippen LogP contribution in [0.15, 0.2) is 24.7 Å². The molecule has 37 heavy (non-hydrogen) atoms. The molecule has 0 bridgehead atoms. The summed E-state index contributed by atoms with van der Waals surface area (Å²) in [4.78, 5) is 48.1. The number of anilines is 2. The number of ether oxygens (including phenoxy) is 2. The monoisotopic (exact) mass is 513 g/mol. The summed E-state index contributed by atoms with van der Waals surface area (Å²) >= 11 is 0. The molecule has 0 saturated carbocycles. The first-order valence-corrected chi connectivity index (χ1v) is 12.7. The third-order valence-electron chi connectivity index (χ3n) is 6.67. The second kappa shape index (κ2) is 12.5. The summed E-state index contributed by atoms with van der Waals surface area (Å²) in [5.74, 6) is 1.39. The fourth-order valence-corrected chi connectivity index (χ4v) is 4.53. The summed E-state index contributed by atoms with van der Waals surface area (Å²) in [7, 11) is 3.81. The molecule has 0 aromatic carbocycles. The number of piperidine rings is 1. The molecular weight excluding hydrogens is 478 g/mol. The lowest BCUT2D eigenvalue weighted by molar-refractivity contribution is 0.192. The van der Waals surface area contributed by atoms with Crippen molar-refractivity contribution in [3.8, 4) is 11.8 Å². The van der Waals surface area contributed by atoms with Crippen LogP contribution in [-0.2, 0) is 0 Å². The Morgan fingerprint density at radius 2 is 1.97 bits per heavy atom. The van der Waals surface area contributed by atoms with Gasteiger partial charge in [-0.2, -0.15) is 4.98 Å². The molecule has 4 heterocycles. The largest absolute Gasteiger partial charge is 0.477 e. The number of rotatable bonds is 8. The Bertz CT molecular complexity index is 1050. The van der Waals surface area contributed by atoms with E-state index < -0.39 is 6.09 Å². The second-order valence-corrected chi connectivity index (χ2v) is 9.20. The topological polar surface area (TPSA) is 138 Å². The summed E-state index contributed by atoms with van der Waals surface area (Å²) in [6.07, 6.45) is 7.86.